The van der Waals surface area contributed by atoms with Gasteiger partial charge in [-0.15, -0.1) is 0 Å². The highest BCUT2D eigenvalue weighted by Gasteiger charge is 2.41. The number of nitro groups is 1. The molecule has 3 aromatic carbocycles. The number of non-ortho nitro benzene ring substituents is 1. The predicted octanol–water partition coefficient (Wildman–Crippen LogP) is 5.92. The van der Waals surface area contributed by atoms with E-state index in [1.165, 1.54) is 12.1 Å². The van der Waals surface area contributed by atoms with Crippen LogP contribution in [-0.2, 0) is 9.59 Å². The van der Waals surface area contributed by atoms with Gasteiger partial charge in [-0.1, -0.05) is 35.9 Å². The molecule has 5 rings (SSSR count). The van der Waals surface area contributed by atoms with E-state index < -0.39 is 10.8 Å². The molecular formula is C32H31N3O6. The highest BCUT2D eigenvalue weighted by Crippen LogP contribution is 2.46. The normalized spacial score (nSPS) is 18.4. The first-order chi connectivity index (χ1) is 19.7. The Morgan fingerprint density at radius 1 is 0.927 bits per heavy atom. The molecule has 2 atom stereocenters. The van der Waals surface area contributed by atoms with Gasteiger partial charge in [0.05, 0.1) is 19.1 Å². The molecule has 0 spiro atoms. The van der Waals surface area contributed by atoms with Crippen LogP contribution in [0.25, 0.3) is 0 Å². The maximum Gasteiger partial charge on any atom is 0.269 e. The quantitative estimate of drug-likeness (QED) is 0.275. The van der Waals surface area contributed by atoms with Gasteiger partial charge in [0.25, 0.3) is 11.6 Å². The molecule has 2 aliphatic rings. The van der Waals surface area contributed by atoms with Crippen molar-refractivity contribution in [3.05, 3.63) is 116 Å². The first-order valence-electron chi connectivity index (χ1n) is 13.3. The summed E-state index contributed by atoms with van der Waals surface area (Å²) in [4.78, 5) is 38.5. The second-order valence-corrected chi connectivity index (χ2v) is 10.3. The second kappa shape index (κ2) is 11.3. The van der Waals surface area contributed by atoms with Crippen LogP contribution in [0.15, 0.2) is 89.3 Å². The second-order valence-electron chi connectivity index (χ2n) is 10.3. The van der Waals surface area contributed by atoms with Gasteiger partial charge in [-0.05, 0) is 61.6 Å². The van der Waals surface area contributed by atoms with Crippen LogP contribution in [0.4, 0.5) is 11.4 Å². The summed E-state index contributed by atoms with van der Waals surface area (Å²) in [6, 6.07) is 19.2. The Hall–Kier alpha value is -4.92. The molecule has 0 bridgehead atoms. The van der Waals surface area contributed by atoms with Gasteiger partial charge in [0.1, 0.15) is 0 Å². The number of rotatable bonds is 7. The predicted molar refractivity (Wildman–Crippen MR) is 155 cm³/mol. The van der Waals surface area contributed by atoms with Gasteiger partial charge in [0, 0.05) is 52.7 Å². The maximum absolute atomic E-state index is 13.9. The van der Waals surface area contributed by atoms with E-state index in [-0.39, 0.29) is 29.7 Å². The summed E-state index contributed by atoms with van der Waals surface area (Å²) in [5.41, 5.74) is 5.49. The van der Waals surface area contributed by atoms with Crippen molar-refractivity contribution in [2.24, 2.45) is 0 Å². The number of hydrogen-bond acceptors (Lipinski definition) is 7. The molecule has 3 aromatic rings. The minimum atomic E-state index is -0.684. The van der Waals surface area contributed by atoms with E-state index in [4.69, 9.17) is 9.47 Å². The van der Waals surface area contributed by atoms with Crippen molar-refractivity contribution in [2.75, 3.05) is 19.5 Å². The zero-order valence-corrected chi connectivity index (χ0v) is 23.3. The fourth-order valence-electron chi connectivity index (χ4n) is 5.64. The number of methoxy groups -OCH3 is 2. The van der Waals surface area contributed by atoms with Crippen molar-refractivity contribution >= 4 is 23.1 Å². The zero-order chi connectivity index (χ0) is 29.3. The monoisotopic (exact) mass is 553 g/mol. The lowest BCUT2D eigenvalue weighted by molar-refractivity contribution is -0.384. The van der Waals surface area contributed by atoms with E-state index in [9.17, 15) is 19.7 Å². The summed E-state index contributed by atoms with van der Waals surface area (Å²) in [7, 11) is 3.15. The number of carbonyl (C=O) groups is 2. The van der Waals surface area contributed by atoms with Crippen LogP contribution >= 0.6 is 0 Å². The van der Waals surface area contributed by atoms with Crippen molar-refractivity contribution in [3.8, 4) is 11.5 Å². The van der Waals surface area contributed by atoms with Crippen LogP contribution in [-0.4, -0.2) is 30.8 Å². The van der Waals surface area contributed by atoms with E-state index >= 15 is 0 Å². The molecule has 9 nitrogen and oxygen atoms in total. The lowest BCUT2D eigenvalue weighted by Gasteiger charge is -2.37. The number of allylic oxidation sites excluding steroid dienone is 3. The SMILES string of the molecule is COc1ccc([C@H]2CC(=O)C3=C(C2)NC(C)=C(C(=O)Nc2ccc(C)cc2)[C@@H]3c2ccc([N+](=O)[O-])cc2)cc1OC. The molecule has 0 aromatic heterocycles. The molecule has 41 heavy (non-hydrogen) atoms. The highest BCUT2D eigenvalue weighted by molar-refractivity contribution is 6.10. The molecule has 1 aliphatic carbocycles. The van der Waals surface area contributed by atoms with Crippen molar-refractivity contribution < 1.29 is 24.0 Å². The van der Waals surface area contributed by atoms with Gasteiger partial charge in [0.2, 0.25) is 0 Å². The van der Waals surface area contributed by atoms with Crippen molar-refractivity contribution in [3.63, 3.8) is 0 Å². The van der Waals surface area contributed by atoms with Crippen LogP contribution in [0.2, 0.25) is 0 Å². The van der Waals surface area contributed by atoms with Gasteiger partial charge < -0.3 is 20.1 Å². The van der Waals surface area contributed by atoms with E-state index in [2.05, 4.69) is 10.6 Å². The molecule has 0 saturated heterocycles. The number of Topliss-reactive ketones (excluding diaryl/α,β-unsaturated/α-hetero) is 1. The number of nitro benzene ring substituents is 1. The fraction of sp³-hybridized carbons (Fsp3) is 0.250. The Bertz CT molecular complexity index is 1590. The topological polar surface area (TPSA) is 120 Å². The lowest BCUT2D eigenvalue weighted by Crippen LogP contribution is -2.37. The molecule has 1 amide bonds. The number of ketones is 1. The molecule has 210 valence electrons. The average molecular weight is 554 g/mol. The van der Waals surface area contributed by atoms with E-state index in [1.807, 2.05) is 56.3 Å². The number of anilines is 1. The largest absolute Gasteiger partial charge is 0.493 e. The number of aryl methyl sites for hydroxylation is 1. The van der Waals surface area contributed by atoms with Crippen molar-refractivity contribution in [1.82, 2.24) is 5.32 Å². The molecule has 2 N–H and O–H groups in total. The molecule has 9 heteroatoms. The molecule has 0 radical (unpaired) electrons. The first-order valence-corrected chi connectivity index (χ1v) is 13.3. The lowest BCUT2D eigenvalue weighted by atomic mass is 9.71. The smallest absolute Gasteiger partial charge is 0.269 e. The first kappa shape index (κ1) is 27.6. The zero-order valence-electron chi connectivity index (χ0n) is 23.3. The Morgan fingerprint density at radius 2 is 1.59 bits per heavy atom. The Kier molecular flexibility index (Phi) is 7.61. The van der Waals surface area contributed by atoms with Crippen molar-refractivity contribution in [1.29, 1.82) is 0 Å². The summed E-state index contributed by atoms with van der Waals surface area (Å²) in [5.74, 6) is -0.0317. The molecular weight excluding hydrogens is 522 g/mol. The summed E-state index contributed by atoms with van der Waals surface area (Å²) in [6.45, 7) is 3.78. The van der Waals surface area contributed by atoms with Gasteiger partial charge in [0.15, 0.2) is 17.3 Å². The highest BCUT2D eigenvalue weighted by atomic mass is 16.6. The summed E-state index contributed by atoms with van der Waals surface area (Å²) < 4.78 is 10.8. The van der Waals surface area contributed by atoms with Gasteiger partial charge in [-0.2, -0.15) is 0 Å². The number of ether oxygens (including phenoxy) is 2. The van der Waals surface area contributed by atoms with Crippen LogP contribution in [0.1, 0.15) is 48.3 Å². The van der Waals surface area contributed by atoms with Crippen LogP contribution < -0.4 is 20.1 Å². The Labute approximate surface area is 238 Å². The number of nitrogens with one attached hydrogen (secondary N) is 2. The maximum atomic E-state index is 13.9. The third-order valence-corrected chi connectivity index (χ3v) is 7.70. The standard InChI is InChI=1S/C32H31N3O6/c1-18-5-10-23(11-6-18)34-32(37)29-19(2)33-25-15-22(21-9-14-27(40-3)28(17-21)41-4)16-26(36)31(25)30(29)20-7-12-24(13-8-20)35(38)39/h5-14,17,22,30,33H,15-16H2,1-4H3,(H,34,37)/t22-,30+/m1/s1. The van der Waals surface area contributed by atoms with Crippen molar-refractivity contribution in [2.45, 2.75) is 38.5 Å². The van der Waals surface area contributed by atoms with E-state index in [0.717, 1.165) is 16.8 Å². The van der Waals surface area contributed by atoms with Crippen LogP contribution in [0.5, 0.6) is 11.5 Å². The molecule has 1 heterocycles. The number of dihydropyridines is 1. The van der Waals surface area contributed by atoms with Gasteiger partial charge in [-0.3, -0.25) is 19.7 Å². The number of nitrogens with zero attached hydrogens (tertiary/aromatic N) is 1. The number of amides is 1. The minimum Gasteiger partial charge on any atom is -0.493 e. The van der Waals surface area contributed by atoms with Crippen LogP contribution in [0, 0.1) is 17.0 Å². The summed E-state index contributed by atoms with van der Waals surface area (Å²) >= 11 is 0. The minimum absolute atomic E-state index is 0.0632. The third kappa shape index (κ3) is 5.43. The Morgan fingerprint density at radius 3 is 2.22 bits per heavy atom. The molecule has 0 unspecified atom stereocenters. The Balaban J connectivity index is 1.55. The molecule has 1 aliphatic heterocycles. The molecule has 0 saturated carbocycles. The fourth-order valence-corrected chi connectivity index (χ4v) is 5.64. The summed E-state index contributed by atoms with van der Waals surface area (Å²) in [5, 5.41) is 17.6. The van der Waals surface area contributed by atoms with E-state index in [0.29, 0.717) is 46.0 Å². The number of hydrogen-bond donors (Lipinski definition) is 2. The summed E-state index contributed by atoms with van der Waals surface area (Å²) in [6.07, 6.45) is 0.787. The number of carbonyl (C=O) groups excluding carboxylic acids is 2. The van der Waals surface area contributed by atoms with Gasteiger partial charge >= 0.3 is 0 Å². The van der Waals surface area contributed by atoms with E-state index in [1.54, 1.807) is 26.4 Å². The molecule has 0 fully saturated rings. The van der Waals surface area contributed by atoms with Crippen LogP contribution in [0.3, 0.4) is 0 Å². The number of benzene rings is 3. The third-order valence-electron chi connectivity index (χ3n) is 7.70. The van der Waals surface area contributed by atoms with Gasteiger partial charge in [-0.25, -0.2) is 0 Å². The average Bonchev–Trinajstić information content (AvgIpc) is 2.97.